The van der Waals surface area contributed by atoms with Crippen molar-refractivity contribution in [1.82, 2.24) is 20.4 Å². The lowest BCUT2D eigenvalue weighted by molar-refractivity contribution is -0.122. The third kappa shape index (κ3) is 10.8. The summed E-state index contributed by atoms with van der Waals surface area (Å²) in [5.74, 6) is 1.49. The highest BCUT2D eigenvalue weighted by atomic mass is 127. The van der Waals surface area contributed by atoms with Crippen LogP contribution in [0, 0.1) is 5.92 Å². The molecule has 1 rings (SSSR count). The van der Waals surface area contributed by atoms with Gasteiger partial charge < -0.3 is 25.0 Å². The Morgan fingerprint density at radius 1 is 1.14 bits per heavy atom. The van der Waals surface area contributed by atoms with Gasteiger partial charge in [-0.05, 0) is 19.3 Å². The maximum absolute atomic E-state index is 11.9. The van der Waals surface area contributed by atoms with Crippen LogP contribution in [0.15, 0.2) is 4.99 Å². The summed E-state index contributed by atoms with van der Waals surface area (Å²) < 4.78 is 10.7. The maximum Gasteiger partial charge on any atom is 0.234 e. The van der Waals surface area contributed by atoms with Gasteiger partial charge in [0.25, 0.3) is 0 Å². The molecule has 8 nitrogen and oxygen atoms in total. The van der Waals surface area contributed by atoms with Crippen LogP contribution < -0.4 is 10.6 Å². The van der Waals surface area contributed by atoms with Crippen molar-refractivity contribution < 1.29 is 14.3 Å². The molecule has 0 aromatic heterocycles. The molecule has 1 amide bonds. The van der Waals surface area contributed by atoms with Gasteiger partial charge in [-0.25, -0.2) is 0 Å². The number of amides is 1. The molecule has 0 radical (unpaired) electrons. The van der Waals surface area contributed by atoms with Gasteiger partial charge in [-0.3, -0.25) is 14.7 Å². The smallest absolute Gasteiger partial charge is 0.234 e. The molecule has 1 unspecified atom stereocenters. The molecule has 0 aromatic rings. The average Bonchev–Trinajstić information content (AvgIpc) is 2.65. The zero-order chi connectivity index (χ0) is 20.1. The lowest BCUT2D eigenvalue weighted by Gasteiger charge is -2.36. The summed E-state index contributed by atoms with van der Waals surface area (Å²) in [6, 6.07) is 0. The van der Waals surface area contributed by atoms with Crippen molar-refractivity contribution in [2.24, 2.45) is 10.9 Å². The number of halogens is 1. The molecule has 1 atom stereocenters. The lowest BCUT2D eigenvalue weighted by atomic mass is 10.0. The van der Waals surface area contributed by atoms with Gasteiger partial charge in [-0.1, -0.05) is 13.8 Å². The highest BCUT2D eigenvalue weighted by Crippen LogP contribution is 2.10. The predicted molar refractivity (Wildman–Crippen MR) is 125 cm³/mol. The van der Waals surface area contributed by atoms with Crippen molar-refractivity contribution >= 4 is 35.8 Å². The zero-order valence-corrected chi connectivity index (χ0v) is 20.5. The van der Waals surface area contributed by atoms with E-state index in [0.717, 1.165) is 51.7 Å². The Balaban J connectivity index is 0.00000729. The fraction of sp³-hybridized carbons (Fsp3) is 0.895. The highest BCUT2D eigenvalue weighted by Gasteiger charge is 2.21. The molecule has 1 aliphatic rings. The van der Waals surface area contributed by atoms with E-state index >= 15 is 0 Å². The summed E-state index contributed by atoms with van der Waals surface area (Å²) in [5.41, 5.74) is 0. The minimum Gasteiger partial charge on any atom is -0.383 e. The first-order chi connectivity index (χ1) is 13.0. The van der Waals surface area contributed by atoms with E-state index in [-0.39, 0.29) is 36.0 Å². The monoisotopic (exact) mass is 513 g/mol. The minimum atomic E-state index is 0. The molecule has 0 aromatic carbocycles. The summed E-state index contributed by atoms with van der Waals surface area (Å²) in [5, 5.41) is 6.32. The van der Waals surface area contributed by atoms with E-state index in [2.05, 4.69) is 39.3 Å². The third-order valence-corrected chi connectivity index (χ3v) is 4.72. The molecule has 28 heavy (non-hydrogen) atoms. The second kappa shape index (κ2) is 16.2. The molecular weight excluding hydrogens is 473 g/mol. The van der Waals surface area contributed by atoms with Crippen molar-refractivity contribution in [2.75, 3.05) is 73.2 Å². The number of methoxy groups -OCH3 is 1. The quantitative estimate of drug-likeness (QED) is 0.186. The van der Waals surface area contributed by atoms with Crippen LogP contribution >= 0.6 is 24.0 Å². The number of carbonyl (C=O) groups excluding carboxylic acids is 1. The molecule has 1 aliphatic heterocycles. The first-order valence-corrected chi connectivity index (χ1v) is 10.1. The third-order valence-electron chi connectivity index (χ3n) is 4.72. The van der Waals surface area contributed by atoms with Crippen LogP contribution in [0.2, 0.25) is 0 Å². The standard InChI is InChI=1S/C19H39N5O3.HI/c1-6-27-17(16(2)3)7-8-22-19(20-4)24-12-10-23(11-13-24)15-18(25)21-9-14-26-5;/h16-17H,6-15H2,1-5H3,(H,20,22)(H,21,25);1H. The molecule has 0 spiro atoms. The van der Waals surface area contributed by atoms with Crippen molar-refractivity contribution in [3.05, 3.63) is 0 Å². The molecule has 0 bridgehead atoms. The summed E-state index contributed by atoms with van der Waals surface area (Å²) >= 11 is 0. The van der Waals surface area contributed by atoms with E-state index in [0.29, 0.717) is 25.6 Å². The SMILES string of the molecule is CCOC(CCNC(=NC)N1CCN(CC(=O)NCCOC)CC1)C(C)C.I. The average molecular weight is 513 g/mol. The van der Waals surface area contributed by atoms with Crippen LogP contribution in [0.25, 0.3) is 0 Å². The Kier molecular flexibility index (Phi) is 15.8. The van der Waals surface area contributed by atoms with E-state index in [9.17, 15) is 4.79 Å². The number of guanidine groups is 1. The number of piperazine rings is 1. The van der Waals surface area contributed by atoms with Gasteiger partial charge in [0.15, 0.2) is 5.96 Å². The number of aliphatic imine (C=N–C) groups is 1. The van der Waals surface area contributed by atoms with Crippen molar-refractivity contribution in [3.8, 4) is 0 Å². The van der Waals surface area contributed by atoms with Gasteiger partial charge in [0.2, 0.25) is 5.91 Å². The molecule has 0 aliphatic carbocycles. The lowest BCUT2D eigenvalue weighted by Crippen LogP contribution is -2.54. The van der Waals surface area contributed by atoms with Gasteiger partial charge in [0, 0.05) is 60.0 Å². The molecule has 166 valence electrons. The van der Waals surface area contributed by atoms with Crippen LogP contribution in [0.4, 0.5) is 0 Å². The molecular formula is C19H40IN5O3. The minimum absolute atomic E-state index is 0. The Morgan fingerprint density at radius 2 is 1.82 bits per heavy atom. The normalized spacial score (nSPS) is 16.6. The van der Waals surface area contributed by atoms with E-state index in [1.807, 2.05) is 14.0 Å². The van der Waals surface area contributed by atoms with Gasteiger partial charge >= 0.3 is 0 Å². The molecule has 9 heteroatoms. The molecule has 2 N–H and O–H groups in total. The second-order valence-electron chi connectivity index (χ2n) is 7.11. The number of rotatable bonds is 11. The van der Waals surface area contributed by atoms with Gasteiger partial charge in [0.1, 0.15) is 0 Å². The van der Waals surface area contributed by atoms with Crippen molar-refractivity contribution in [3.63, 3.8) is 0 Å². The Morgan fingerprint density at radius 3 is 2.36 bits per heavy atom. The molecule has 1 heterocycles. The van der Waals surface area contributed by atoms with Crippen LogP contribution in [-0.2, 0) is 14.3 Å². The highest BCUT2D eigenvalue weighted by molar-refractivity contribution is 14.0. The second-order valence-corrected chi connectivity index (χ2v) is 7.11. The molecule has 1 saturated heterocycles. The van der Waals surface area contributed by atoms with Crippen LogP contribution in [0.1, 0.15) is 27.2 Å². The van der Waals surface area contributed by atoms with E-state index in [4.69, 9.17) is 9.47 Å². The molecule has 0 saturated carbocycles. The number of carbonyl (C=O) groups is 1. The summed E-state index contributed by atoms with van der Waals surface area (Å²) in [6.07, 6.45) is 1.24. The predicted octanol–water partition coefficient (Wildman–Crippen LogP) is 1.01. The largest absolute Gasteiger partial charge is 0.383 e. The van der Waals surface area contributed by atoms with Crippen molar-refractivity contribution in [2.45, 2.75) is 33.3 Å². The summed E-state index contributed by atoms with van der Waals surface area (Å²) in [4.78, 5) is 20.7. The fourth-order valence-corrected chi connectivity index (χ4v) is 3.15. The van der Waals surface area contributed by atoms with Gasteiger partial charge in [-0.15, -0.1) is 24.0 Å². The van der Waals surface area contributed by atoms with E-state index < -0.39 is 0 Å². The maximum atomic E-state index is 11.9. The summed E-state index contributed by atoms with van der Waals surface area (Å²) in [6.45, 7) is 13.0. The van der Waals surface area contributed by atoms with E-state index in [1.54, 1.807) is 7.11 Å². The first kappa shape index (κ1) is 27.4. The topological polar surface area (TPSA) is 78.4 Å². The zero-order valence-electron chi connectivity index (χ0n) is 18.2. The van der Waals surface area contributed by atoms with Crippen LogP contribution in [0.3, 0.4) is 0 Å². The van der Waals surface area contributed by atoms with Gasteiger partial charge in [-0.2, -0.15) is 0 Å². The molecule has 1 fully saturated rings. The first-order valence-electron chi connectivity index (χ1n) is 10.1. The number of nitrogens with zero attached hydrogens (tertiary/aromatic N) is 3. The Bertz CT molecular complexity index is 443. The van der Waals surface area contributed by atoms with Crippen LogP contribution in [0.5, 0.6) is 0 Å². The number of nitrogens with one attached hydrogen (secondary N) is 2. The number of hydrogen-bond donors (Lipinski definition) is 2. The van der Waals surface area contributed by atoms with E-state index in [1.165, 1.54) is 0 Å². The Labute approximate surface area is 187 Å². The number of ether oxygens (including phenoxy) is 2. The van der Waals surface area contributed by atoms with Crippen LogP contribution in [-0.4, -0.2) is 101 Å². The van der Waals surface area contributed by atoms with Gasteiger partial charge in [0.05, 0.1) is 19.3 Å². The Hall–Kier alpha value is -0.650. The summed E-state index contributed by atoms with van der Waals surface area (Å²) in [7, 11) is 3.45. The fourth-order valence-electron chi connectivity index (χ4n) is 3.15. The van der Waals surface area contributed by atoms with Crippen molar-refractivity contribution in [1.29, 1.82) is 0 Å². The number of hydrogen-bond acceptors (Lipinski definition) is 5.